The lowest BCUT2D eigenvalue weighted by molar-refractivity contribution is -0.127. The summed E-state index contributed by atoms with van der Waals surface area (Å²) in [6.07, 6.45) is 4.61. The number of amides is 1. The van der Waals surface area contributed by atoms with Crippen molar-refractivity contribution in [2.75, 3.05) is 18.5 Å². The van der Waals surface area contributed by atoms with Crippen LogP contribution in [0.25, 0.3) is 0 Å². The van der Waals surface area contributed by atoms with Gasteiger partial charge in [0.25, 0.3) is 0 Å². The van der Waals surface area contributed by atoms with Crippen molar-refractivity contribution in [3.63, 3.8) is 0 Å². The maximum absolute atomic E-state index is 11.7. The first-order chi connectivity index (χ1) is 7.62. The first-order valence-electron chi connectivity index (χ1n) is 6.06. The van der Waals surface area contributed by atoms with Crippen molar-refractivity contribution >= 4 is 21.8 Å². The number of carbonyl (C=O) groups is 1. The minimum Gasteiger partial charge on any atom is -0.372 e. The number of rotatable bonds is 5. The van der Waals surface area contributed by atoms with E-state index in [2.05, 4.69) is 28.2 Å². The van der Waals surface area contributed by atoms with Crippen molar-refractivity contribution < 1.29 is 9.53 Å². The summed E-state index contributed by atoms with van der Waals surface area (Å²) in [7, 11) is 0. The van der Waals surface area contributed by atoms with Crippen LogP contribution in [0.1, 0.15) is 39.5 Å². The van der Waals surface area contributed by atoms with Gasteiger partial charge in [0.15, 0.2) is 0 Å². The van der Waals surface area contributed by atoms with Crippen molar-refractivity contribution in [1.82, 2.24) is 5.32 Å². The van der Waals surface area contributed by atoms with Crippen molar-refractivity contribution in [3.8, 4) is 0 Å². The van der Waals surface area contributed by atoms with Crippen LogP contribution in [-0.2, 0) is 9.53 Å². The molecule has 0 radical (unpaired) electrons. The van der Waals surface area contributed by atoms with E-state index < -0.39 is 0 Å². The predicted octanol–water partition coefficient (Wildman–Crippen LogP) is 2.48. The van der Waals surface area contributed by atoms with E-state index in [4.69, 9.17) is 4.74 Å². The number of hydrogen-bond donors (Lipinski definition) is 1. The highest BCUT2D eigenvalue weighted by atomic mass is 79.9. The summed E-state index contributed by atoms with van der Waals surface area (Å²) in [4.78, 5) is 11.7. The number of nitrogens with one attached hydrogen (secondary N) is 1. The minimum atomic E-state index is -0.0498. The molecule has 0 saturated heterocycles. The van der Waals surface area contributed by atoms with Gasteiger partial charge in [-0.25, -0.2) is 0 Å². The molecule has 4 heteroatoms. The van der Waals surface area contributed by atoms with Gasteiger partial charge in [0.1, 0.15) is 6.61 Å². The summed E-state index contributed by atoms with van der Waals surface area (Å²) in [6.45, 7) is 4.92. The van der Waals surface area contributed by atoms with Gasteiger partial charge in [0, 0.05) is 11.9 Å². The molecule has 1 saturated carbocycles. The maximum atomic E-state index is 11.7. The normalized spacial score (nSPS) is 30.1. The molecule has 0 aromatic carbocycles. The highest BCUT2D eigenvalue weighted by Crippen LogP contribution is 2.33. The fourth-order valence-corrected chi connectivity index (χ4v) is 3.10. The van der Waals surface area contributed by atoms with Crippen molar-refractivity contribution in [2.24, 2.45) is 5.92 Å². The third kappa shape index (κ3) is 4.06. The predicted molar refractivity (Wildman–Crippen MR) is 68.8 cm³/mol. The van der Waals surface area contributed by atoms with E-state index in [1.165, 1.54) is 12.8 Å². The Balaban J connectivity index is 2.49. The molecule has 1 aliphatic rings. The number of alkyl halides is 1. The lowest BCUT2D eigenvalue weighted by Crippen LogP contribution is -2.53. The van der Waals surface area contributed by atoms with Gasteiger partial charge in [-0.2, -0.15) is 0 Å². The molecule has 1 amide bonds. The lowest BCUT2D eigenvalue weighted by Gasteiger charge is -2.39. The van der Waals surface area contributed by atoms with Crippen molar-refractivity contribution in [2.45, 2.75) is 45.1 Å². The molecule has 94 valence electrons. The quantitative estimate of drug-likeness (QED) is 0.791. The number of halogens is 1. The van der Waals surface area contributed by atoms with Crippen LogP contribution >= 0.6 is 15.9 Å². The maximum Gasteiger partial charge on any atom is 0.246 e. The number of ether oxygens (including phenoxy) is 1. The third-order valence-electron chi connectivity index (χ3n) is 3.19. The van der Waals surface area contributed by atoms with Gasteiger partial charge in [-0.3, -0.25) is 4.79 Å². The average Bonchev–Trinajstić information content (AvgIpc) is 2.26. The van der Waals surface area contributed by atoms with Gasteiger partial charge in [0.2, 0.25) is 5.91 Å². The van der Waals surface area contributed by atoms with Crippen LogP contribution in [0.5, 0.6) is 0 Å². The van der Waals surface area contributed by atoms with E-state index in [-0.39, 0.29) is 18.1 Å². The molecular formula is C12H22BrNO2. The van der Waals surface area contributed by atoms with Gasteiger partial charge < -0.3 is 10.1 Å². The Morgan fingerprint density at radius 2 is 2.38 bits per heavy atom. The molecule has 1 aliphatic carbocycles. The van der Waals surface area contributed by atoms with Crippen molar-refractivity contribution in [3.05, 3.63) is 0 Å². The van der Waals surface area contributed by atoms with E-state index in [1.807, 2.05) is 6.92 Å². The van der Waals surface area contributed by atoms with Gasteiger partial charge >= 0.3 is 0 Å². The fraction of sp³-hybridized carbons (Fsp3) is 0.917. The zero-order valence-electron chi connectivity index (χ0n) is 10.2. The summed E-state index contributed by atoms with van der Waals surface area (Å²) in [5.41, 5.74) is -0.0498. The highest BCUT2D eigenvalue weighted by molar-refractivity contribution is 9.09. The van der Waals surface area contributed by atoms with E-state index in [9.17, 15) is 4.79 Å². The summed E-state index contributed by atoms with van der Waals surface area (Å²) >= 11 is 3.54. The van der Waals surface area contributed by atoms with Crippen LogP contribution in [-0.4, -0.2) is 30.0 Å². The second-order valence-corrected chi connectivity index (χ2v) is 5.36. The Kier molecular flexibility index (Phi) is 5.76. The molecule has 2 atom stereocenters. The first kappa shape index (κ1) is 14.0. The largest absolute Gasteiger partial charge is 0.372 e. The molecule has 0 heterocycles. The van der Waals surface area contributed by atoms with Crippen LogP contribution in [0, 0.1) is 5.92 Å². The van der Waals surface area contributed by atoms with E-state index >= 15 is 0 Å². The second kappa shape index (κ2) is 6.60. The summed E-state index contributed by atoms with van der Waals surface area (Å²) in [5.74, 6) is 0.703. The molecule has 0 bridgehead atoms. The molecule has 2 unspecified atom stereocenters. The van der Waals surface area contributed by atoms with Crippen LogP contribution < -0.4 is 5.32 Å². The molecule has 1 N–H and O–H groups in total. The summed E-state index contributed by atoms with van der Waals surface area (Å²) < 4.78 is 5.13. The van der Waals surface area contributed by atoms with Crippen LogP contribution in [0.15, 0.2) is 0 Å². The van der Waals surface area contributed by atoms with Crippen LogP contribution in [0.3, 0.4) is 0 Å². The summed E-state index contributed by atoms with van der Waals surface area (Å²) in [5, 5.41) is 3.97. The topological polar surface area (TPSA) is 38.3 Å². The minimum absolute atomic E-state index is 0.00963. The lowest BCUT2D eigenvalue weighted by atomic mass is 9.77. The van der Waals surface area contributed by atoms with Crippen LogP contribution in [0.4, 0.5) is 0 Å². The van der Waals surface area contributed by atoms with Crippen molar-refractivity contribution in [1.29, 1.82) is 0 Å². The second-order valence-electron chi connectivity index (χ2n) is 4.80. The third-order valence-corrected chi connectivity index (χ3v) is 4.26. The number of hydrogen-bond acceptors (Lipinski definition) is 2. The van der Waals surface area contributed by atoms with E-state index in [0.29, 0.717) is 12.5 Å². The Morgan fingerprint density at radius 1 is 1.62 bits per heavy atom. The van der Waals surface area contributed by atoms with E-state index in [1.54, 1.807) is 0 Å². The average molecular weight is 292 g/mol. The van der Waals surface area contributed by atoms with Gasteiger partial charge in [-0.05, 0) is 25.7 Å². The van der Waals surface area contributed by atoms with Gasteiger partial charge in [-0.15, -0.1) is 0 Å². The molecule has 3 nitrogen and oxygen atoms in total. The molecule has 0 spiro atoms. The molecule has 1 rings (SSSR count). The Hall–Kier alpha value is -0.0900. The summed E-state index contributed by atoms with van der Waals surface area (Å²) in [6, 6.07) is 0. The molecule has 0 aliphatic heterocycles. The Morgan fingerprint density at radius 3 is 2.94 bits per heavy atom. The highest BCUT2D eigenvalue weighted by Gasteiger charge is 2.35. The SMILES string of the molecule is CCOCC(=O)NC1(CBr)CCCC(C)C1. The first-order valence-corrected chi connectivity index (χ1v) is 7.19. The monoisotopic (exact) mass is 291 g/mol. The number of carbonyl (C=O) groups excluding carboxylic acids is 1. The van der Waals surface area contributed by atoms with Gasteiger partial charge in [-0.1, -0.05) is 35.7 Å². The molecule has 1 fully saturated rings. The smallest absolute Gasteiger partial charge is 0.246 e. The standard InChI is InChI=1S/C12H22BrNO2/c1-3-16-8-11(15)14-12(9-13)6-4-5-10(2)7-12/h10H,3-9H2,1-2H3,(H,14,15). The zero-order chi connectivity index (χ0) is 12.0. The van der Waals surface area contributed by atoms with Crippen LogP contribution in [0.2, 0.25) is 0 Å². The molecule has 0 aromatic rings. The molecule has 16 heavy (non-hydrogen) atoms. The molecule has 0 aromatic heterocycles. The van der Waals surface area contributed by atoms with E-state index in [0.717, 1.165) is 18.2 Å². The Bertz CT molecular complexity index is 235. The van der Waals surface area contributed by atoms with Gasteiger partial charge in [0.05, 0.1) is 5.54 Å². The Labute approximate surface area is 106 Å². The fourth-order valence-electron chi connectivity index (χ4n) is 2.45. The molecular weight excluding hydrogens is 270 g/mol. The zero-order valence-corrected chi connectivity index (χ0v) is 11.8.